The van der Waals surface area contributed by atoms with Gasteiger partial charge in [0.1, 0.15) is 10.7 Å². The molecule has 0 aliphatic heterocycles. The second kappa shape index (κ2) is 4.49. The Bertz CT molecular complexity index is 683. The molecule has 2 rings (SSSR count). The number of nitrogen functional groups attached to an aromatic ring is 1. The second-order valence-corrected chi connectivity index (χ2v) is 5.81. The monoisotopic (exact) mass is 333 g/mol. The Labute approximate surface area is 111 Å². The standard InChI is InChI=1S/C7H8BrN7O2S/c1-15-12-7(11-14-15)13-18(16,17)5-2-4(8)3-10-6(5)9/h2-3H,1H3,(H2,9,10)(H,12,13). The molecule has 2 aromatic heterocycles. The molecule has 2 aromatic rings. The zero-order chi connectivity index (χ0) is 13.3. The van der Waals surface area contributed by atoms with Gasteiger partial charge < -0.3 is 5.73 Å². The molecule has 0 saturated carbocycles. The third-order valence-corrected chi connectivity index (χ3v) is 3.66. The van der Waals surface area contributed by atoms with Crippen LogP contribution in [-0.4, -0.2) is 33.6 Å². The number of aromatic nitrogens is 5. The summed E-state index contributed by atoms with van der Waals surface area (Å²) in [7, 11) is -2.39. The number of rotatable bonds is 3. The third-order valence-electron chi connectivity index (χ3n) is 1.87. The number of halogens is 1. The fourth-order valence-corrected chi connectivity index (χ4v) is 2.67. The van der Waals surface area contributed by atoms with E-state index in [-0.39, 0.29) is 16.7 Å². The number of hydrogen-bond acceptors (Lipinski definition) is 7. The molecular formula is C7H8BrN7O2S. The molecule has 0 fully saturated rings. The van der Waals surface area contributed by atoms with Crippen molar-refractivity contribution in [2.24, 2.45) is 7.05 Å². The Morgan fingerprint density at radius 1 is 1.50 bits per heavy atom. The first-order valence-corrected chi connectivity index (χ1v) is 6.84. The maximum atomic E-state index is 12.0. The quantitative estimate of drug-likeness (QED) is 0.792. The summed E-state index contributed by atoms with van der Waals surface area (Å²) in [5.41, 5.74) is 5.52. The molecule has 11 heteroatoms. The highest BCUT2D eigenvalue weighted by Crippen LogP contribution is 2.21. The average Bonchev–Trinajstić information content (AvgIpc) is 2.66. The van der Waals surface area contributed by atoms with E-state index in [1.165, 1.54) is 19.3 Å². The molecule has 9 nitrogen and oxygen atoms in total. The van der Waals surface area contributed by atoms with Gasteiger partial charge in [-0.05, 0) is 27.2 Å². The molecule has 18 heavy (non-hydrogen) atoms. The van der Waals surface area contributed by atoms with Crippen LogP contribution >= 0.6 is 15.9 Å². The van der Waals surface area contributed by atoms with Gasteiger partial charge in [0.05, 0.1) is 7.05 Å². The van der Waals surface area contributed by atoms with Crippen molar-refractivity contribution in [1.82, 2.24) is 25.2 Å². The Morgan fingerprint density at radius 3 is 2.83 bits per heavy atom. The number of tetrazole rings is 1. The van der Waals surface area contributed by atoms with Crippen LogP contribution in [0.25, 0.3) is 0 Å². The van der Waals surface area contributed by atoms with E-state index in [2.05, 4.69) is 41.0 Å². The molecule has 0 saturated heterocycles. The maximum Gasteiger partial charge on any atom is 0.277 e. The number of nitrogens with one attached hydrogen (secondary N) is 1. The molecule has 0 amide bonds. The minimum Gasteiger partial charge on any atom is -0.383 e. The fourth-order valence-electron chi connectivity index (χ4n) is 1.15. The number of nitrogens with zero attached hydrogens (tertiary/aromatic N) is 5. The summed E-state index contributed by atoms with van der Waals surface area (Å²) in [6.07, 6.45) is 1.40. The van der Waals surface area contributed by atoms with Crippen LogP contribution in [0.15, 0.2) is 21.6 Å². The van der Waals surface area contributed by atoms with E-state index in [1.54, 1.807) is 0 Å². The van der Waals surface area contributed by atoms with Crippen LogP contribution in [0, 0.1) is 0 Å². The Morgan fingerprint density at radius 2 is 2.22 bits per heavy atom. The fraction of sp³-hybridized carbons (Fsp3) is 0.143. The summed E-state index contributed by atoms with van der Waals surface area (Å²) >= 11 is 3.12. The summed E-state index contributed by atoms with van der Waals surface area (Å²) in [4.78, 5) is 4.70. The SMILES string of the molecule is Cn1nnc(NS(=O)(=O)c2cc(Br)cnc2N)n1. The van der Waals surface area contributed by atoms with Gasteiger partial charge in [-0.15, -0.1) is 5.10 Å². The van der Waals surface area contributed by atoms with Gasteiger partial charge in [0, 0.05) is 10.7 Å². The molecule has 3 N–H and O–H groups in total. The molecule has 2 heterocycles. The molecule has 0 unspecified atom stereocenters. The Hall–Kier alpha value is -1.75. The molecule has 0 atom stereocenters. The highest BCUT2D eigenvalue weighted by atomic mass is 79.9. The lowest BCUT2D eigenvalue weighted by molar-refractivity contribution is 0.600. The number of sulfonamides is 1. The van der Waals surface area contributed by atoms with Crippen LogP contribution in [0.1, 0.15) is 0 Å². The Kier molecular flexibility index (Phi) is 3.17. The molecular weight excluding hydrogens is 326 g/mol. The highest BCUT2D eigenvalue weighted by Gasteiger charge is 2.21. The summed E-state index contributed by atoms with van der Waals surface area (Å²) in [6.45, 7) is 0. The maximum absolute atomic E-state index is 12.0. The zero-order valence-electron chi connectivity index (χ0n) is 9.07. The van der Waals surface area contributed by atoms with Crippen molar-refractivity contribution in [2.45, 2.75) is 4.90 Å². The van der Waals surface area contributed by atoms with E-state index in [0.717, 1.165) is 4.80 Å². The molecule has 0 spiro atoms. The first kappa shape index (κ1) is 12.7. The van der Waals surface area contributed by atoms with Crippen LogP contribution in [-0.2, 0) is 17.1 Å². The molecule has 0 aromatic carbocycles. The Balaban J connectivity index is 2.39. The molecule has 0 radical (unpaired) electrons. The zero-order valence-corrected chi connectivity index (χ0v) is 11.5. The predicted molar refractivity (Wildman–Crippen MR) is 66.0 cm³/mol. The lowest BCUT2D eigenvalue weighted by Gasteiger charge is -2.06. The van der Waals surface area contributed by atoms with E-state index in [1.807, 2.05) is 0 Å². The summed E-state index contributed by atoms with van der Waals surface area (Å²) < 4.78 is 26.7. The number of nitrogens with two attached hydrogens (primary N) is 1. The van der Waals surface area contributed by atoms with E-state index >= 15 is 0 Å². The van der Waals surface area contributed by atoms with Gasteiger partial charge in [0.25, 0.3) is 16.0 Å². The van der Waals surface area contributed by atoms with Gasteiger partial charge in [-0.3, -0.25) is 0 Å². The average molecular weight is 334 g/mol. The molecule has 96 valence electrons. The lowest BCUT2D eigenvalue weighted by Crippen LogP contribution is -2.16. The second-order valence-electron chi connectivity index (χ2n) is 3.24. The number of hydrogen-bond donors (Lipinski definition) is 2. The number of anilines is 2. The smallest absolute Gasteiger partial charge is 0.277 e. The predicted octanol–water partition coefficient (Wildman–Crippen LogP) is -0.249. The van der Waals surface area contributed by atoms with Crippen LogP contribution in [0.2, 0.25) is 0 Å². The third kappa shape index (κ3) is 2.56. The van der Waals surface area contributed by atoms with Crippen molar-refractivity contribution >= 4 is 37.7 Å². The van der Waals surface area contributed by atoms with Crippen LogP contribution in [0.3, 0.4) is 0 Å². The van der Waals surface area contributed by atoms with Gasteiger partial charge in [-0.25, -0.2) is 18.1 Å². The molecule has 0 aliphatic rings. The van der Waals surface area contributed by atoms with Crippen LogP contribution in [0.4, 0.5) is 11.8 Å². The van der Waals surface area contributed by atoms with E-state index in [9.17, 15) is 8.42 Å². The van der Waals surface area contributed by atoms with Gasteiger partial charge in [0.15, 0.2) is 0 Å². The van der Waals surface area contributed by atoms with E-state index in [4.69, 9.17) is 5.73 Å². The highest BCUT2D eigenvalue weighted by molar-refractivity contribution is 9.10. The minimum atomic E-state index is -3.90. The van der Waals surface area contributed by atoms with Gasteiger partial charge in [0.2, 0.25) is 0 Å². The largest absolute Gasteiger partial charge is 0.383 e. The first-order valence-electron chi connectivity index (χ1n) is 4.56. The summed E-state index contributed by atoms with van der Waals surface area (Å²) in [5, 5.41) is 10.7. The van der Waals surface area contributed by atoms with Crippen molar-refractivity contribution in [2.75, 3.05) is 10.5 Å². The van der Waals surface area contributed by atoms with E-state index < -0.39 is 10.0 Å². The molecule has 0 aliphatic carbocycles. The summed E-state index contributed by atoms with van der Waals surface area (Å²) in [5.74, 6) is -0.258. The first-order chi connectivity index (χ1) is 8.38. The van der Waals surface area contributed by atoms with E-state index in [0.29, 0.717) is 4.47 Å². The van der Waals surface area contributed by atoms with Crippen molar-refractivity contribution in [3.8, 4) is 0 Å². The van der Waals surface area contributed by atoms with Crippen molar-refractivity contribution < 1.29 is 8.42 Å². The van der Waals surface area contributed by atoms with Crippen LogP contribution < -0.4 is 10.5 Å². The lowest BCUT2D eigenvalue weighted by atomic mass is 10.5. The van der Waals surface area contributed by atoms with Gasteiger partial charge >= 0.3 is 0 Å². The molecule has 0 bridgehead atoms. The van der Waals surface area contributed by atoms with Crippen molar-refractivity contribution in [1.29, 1.82) is 0 Å². The minimum absolute atomic E-state index is 0.116. The summed E-state index contributed by atoms with van der Waals surface area (Å²) in [6, 6.07) is 1.33. The number of pyridine rings is 1. The topological polar surface area (TPSA) is 129 Å². The van der Waals surface area contributed by atoms with Crippen LogP contribution in [0.5, 0.6) is 0 Å². The normalized spacial score (nSPS) is 11.4. The van der Waals surface area contributed by atoms with Crippen molar-refractivity contribution in [3.05, 3.63) is 16.7 Å². The van der Waals surface area contributed by atoms with Gasteiger partial charge in [-0.1, -0.05) is 5.10 Å². The van der Waals surface area contributed by atoms with Gasteiger partial charge in [-0.2, -0.15) is 4.80 Å². The van der Waals surface area contributed by atoms with Crippen molar-refractivity contribution in [3.63, 3.8) is 0 Å². The number of aryl methyl sites for hydroxylation is 1.